The minimum absolute atomic E-state index is 0. The zero-order valence-corrected chi connectivity index (χ0v) is 3.88. The van der Waals surface area contributed by atoms with Crippen molar-refractivity contribution in [3.05, 3.63) is 0 Å². The molecular formula is H7FN2Ti. The molecule has 0 rings (SSSR count). The summed E-state index contributed by atoms with van der Waals surface area (Å²) in [4.78, 5) is 0. The predicted molar refractivity (Wildman–Crippen MR) is 12.5 cm³/mol. The van der Waals surface area contributed by atoms with Crippen molar-refractivity contribution in [3.8, 4) is 0 Å². The van der Waals surface area contributed by atoms with E-state index >= 15 is 0 Å². The second kappa shape index (κ2) is 73.6. The Labute approximate surface area is 39.4 Å². The van der Waals surface area contributed by atoms with Crippen LogP contribution in [-0.2, 0) is 21.7 Å². The van der Waals surface area contributed by atoms with Crippen molar-refractivity contribution in [2.45, 2.75) is 0 Å². The van der Waals surface area contributed by atoms with Gasteiger partial charge < -0.3 is 12.3 Å². The fourth-order valence-corrected chi connectivity index (χ4v) is 0. The smallest absolute Gasteiger partial charge is 0 e. The van der Waals surface area contributed by atoms with Gasteiger partial charge in [0.25, 0.3) is 0 Å². The first-order valence-corrected chi connectivity index (χ1v) is 0. The topological polar surface area (TPSA) is 70.0 Å². The summed E-state index contributed by atoms with van der Waals surface area (Å²) in [6.45, 7) is 0. The fourth-order valence-electron chi connectivity index (χ4n) is 0. The number of hydrogen-bond acceptors (Lipinski definition) is 2. The first-order valence-electron chi connectivity index (χ1n) is 0. The van der Waals surface area contributed by atoms with Crippen LogP contribution in [0.3, 0.4) is 0 Å². The summed E-state index contributed by atoms with van der Waals surface area (Å²) in [5.74, 6) is 0. The van der Waals surface area contributed by atoms with Gasteiger partial charge in [-0.2, -0.15) is 0 Å². The Hall–Kier alpha value is 0.564. The zero-order valence-electron chi connectivity index (χ0n) is 2.32. The normalized spacial score (nSPS) is 0. The molecule has 0 fully saturated rings. The van der Waals surface area contributed by atoms with Crippen LogP contribution in [0.4, 0.5) is 4.70 Å². The predicted octanol–water partition coefficient (Wildman–Crippen LogP) is 0.474. The largest absolute Gasteiger partial charge is 0.344 e. The van der Waals surface area contributed by atoms with Gasteiger partial charge in [-0.1, -0.05) is 0 Å². The molecule has 0 aliphatic heterocycles. The van der Waals surface area contributed by atoms with Crippen LogP contribution in [0.15, 0.2) is 0 Å². The molecule has 0 aromatic rings. The van der Waals surface area contributed by atoms with Crippen LogP contribution in [-0.4, -0.2) is 0 Å². The first-order chi connectivity index (χ1) is 0. The van der Waals surface area contributed by atoms with E-state index < -0.39 is 0 Å². The summed E-state index contributed by atoms with van der Waals surface area (Å²) in [7, 11) is 0. The minimum Gasteiger partial charge on any atom is -0.344 e. The van der Waals surface area contributed by atoms with Crippen LogP contribution in [0.1, 0.15) is 0 Å². The van der Waals surface area contributed by atoms with Crippen LogP contribution in [0.2, 0.25) is 0 Å². The van der Waals surface area contributed by atoms with Crippen molar-refractivity contribution in [3.63, 3.8) is 0 Å². The molecule has 0 atom stereocenters. The van der Waals surface area contributed by atoms with Gasteiger partial charge >= 0.3 is 0 Å². The SMILES string of the molecule is F.N.N.[Ti]. The van der Waals surface area contributed by atoms with E-state index in [1.165, 1.54) is 0 Å². The van der Waals surface area contributed by atoms with E-state index in [9.17, 15) is 0 Å². The standard InChI is InChI=1S/FH.2H3N.Ti/h1H;2*1H3;. The Kier molecular flexibility index (Phi) is 3350. The van der Waals surface area contributed by atoms with Gasteiger partial charge in [0.1, 0.15) is 0 Å². The molecule has 2 nitrogen and oxygen atoms in total. The summed E-state index contributed by atoms with van der Waals surface area (Å²) < 4.78 is 0. The monoisotopic (exact) mass is 102 g/mol. The van der Waals surface area contributed by atoms with Gasteiger partial charge in [0, 0.05) is 21.7 Å². The van der Waals surface area contributed by atoms with Gasteiger partial charge in [-0.3, -0.25) is 4.70 Å². The van der Waals surface area contributed by atoms with Crippen molar-refractivity contribution in [1.82, 2.24) is 12.3 Å². The van der Waals surface area contributed by atoms with Crippen LogP contribution < -0.4 is 12.3 Å². The van der Waals surface area contributed by atoms with Crippen LogP contribution in [0.25, 0.3) is 0 Å². The maximum atomic E-state index is 0. The molecule has 0 saturated carbocycles. The van der Waals surface area contributed by atoms with Crippen molar-refractivity contribution >= 4 is 0 Å². The molecule has 0 bridgehead atoms. The third kappa shape index (κ3) is 19.7. The van der Waals surface area contributed by atoms with E-state index in [1.54, 1.807) is 0 Å². The molecular weight excluding hydrogens is 94.9 g/mol. The molecule has 0 aliphatic rings. The molecule has 0 spiro atoms. The number of halogens is 1. The van der Waals surface area contributed by atoms with Gasteiger partial charge in [0.05, 0.1) is 0 Å². The molecule has 0 aliphatic carbocycles. The zero-order chi connectivity index (χ0) is 0. The van der Waals surface area contributed by atoms with Gasteiger partial charge in [0.15, 0.2) is 0 Å². The van der Waals surface area contributed by atoms with Crippen LogP contribution in [0, 0.1) is 0 Å². The van der Waals surface area contributed by atoms with E-state index in [1.807, 2.05) is 0 Å². The third-order valence-electron chi connectivity index (χ3n) is 0. The molecule has 0 unspecified atom stereocenters. The summed E-state index contributed by atoms with van der Waals surface area (Å²) in [6, 6.07) is 0. The molecule has 0 saturated heterocycles. The second-order valence-electron chi connectivity index (χ2n) is 0. The average molecular weight is 102 g/mol. The van der Waals surface area contributed by atoms with Crippen molar-refractivity contribution in [2.24, 2.45) is 0 Å². The Bertz CT molecular complexity index is 6.00. The minimum atomic E-state index is 0. The van der Waals surface area contributed by atoms with E-state index in [-0.39, 0.29) is 38.7 Å². The van der Waals surface area contributed by atoms with Gasteiger partial charge in [-0.05, 0) is 0 Å². The van der Waals surface area contributed by atoms with Crippen LogP contribution >= 0.6 is 0 Å². The van der Waals surface area contributed by atoms with E-state index in [2.05, 4.69) is 0 Å². The molecule has 0 aromatic heterocycles. The van der Waals surface area contributed by atoms with Crippen molar-refractivity contribution < 1.29 is 26.4 Å². The summed E-state index contributed by atoms with van der Waals surface area (Å²) in [5, 5.41) is 0. The molecule has 0 amide bonds. The first kappa shape index (κ1) is 182. The van der Waals surface area contributed by atoms with Gasteiger partial charge in [0.2, 0.25) is 0 Å². The van der Waals surface area contributed by atoms with Crippen LogP contribution in [0.5, 0.6) is 0 Å². The van der Waals surface area contributed by atoms with Gasteiger partial charge in [-0.15, -0.1) is 0 Å². The number of hydrogen-bond donors (Lipinski definition) is 2. The molecule has 0 aromatic carbocycles. The summed E-state index contributed by atoms with van der Waals surface area (Å²) in [5.41, 5.74) is 0. The Morgan fingerprint density at radius 1 is 0.750 bits per heavy atom. The molecule has 6 N–H and O–H groups in total. The Morgan fingerprint density at radius 3 is 0.750 bits per heavy atom. The molecule has 4 heteroatoms. The van der Waals surface area contributed by atoms with E-state index in [0.29, 0.717) is 0 Å². The van der Waals surface area contributed by atoms with Crippen molar-refractivity contribution in [1.29, 1.82) is 0 Å². The quantitative estimate of drug-likeness (QED) is 0.436. The molecule has 0 radical (unpaired) electrons. The molecule has 0 heterocycles. The van der Waals surface area contributed by atoms with E-state index in [4.69, 9.17) is 0 Å². The fraction of sp³-hybridized carbons (Fsp3) is 0. The summed E-state index contributed by atoms with van der Waals surface area (Å²) >= 11 is 0. The Morgan fingerprint density at radius 2 is 0.750 bits per heavy atom. The number of rotatable bonds is 0. The summed E-state index contributed by atoms with van der Waals surface area (Å²) in [6.07, 6.45) is 0. The molecule has 28 valence electrons. The Balaban J connectivity index is 0. The third-order valence-corrected chi connectivity index (χ3v) is 0. The maximum Gasteiger partial charge on any atom is 0 e. The average Bonchev–Trinajstić information content (AvgIpc) is 0. The van der Waals surface area contributed by atoms with Gasteiger partial charge in [-0.25, -0.2) is 0 Å². The second-order valence-corrected chi connectivity index (χ2v) is 0. The van der Waals surface area contributed by atoms with Crippen molar-refractivity contribution in [2.75, 3.05) is 0 Å². The molecule has 4 heavy (non-hydrogen) atoms. The van der Waals surface area contributed by atoms with E-state index in [0.717, 1.165) is 0 Å². The maximum absolute atomic E-state index is 0.